The second-order valence-corrected chi connectivity index (χ2v) is 9.21. The fourth-order valence-corrected chi connectivity index (χ4v) is 5.60. The molecule has 0 atom stereocenters. The van der Waals surface area contributed by atoms with Gasteiger partial charge in [0.2, 0.25) is 15.9 Å². The minimum atomic E-state index is -3.54. The van der Waals surface area contributed by atoms with Crippen LogP contribution >= 0.6 is 0 Å². The first-order chi connectivity index (χ1) is 12.4. The number of methoxy groups -OCH3 is 1. The lowest BCUT2D eigenvalue weighted by atomic mass is 9.97. The molecular weight excluding hydrogens is 352 g/mol. The molecule has 6 nitrogen and oxygen atoms in total. The molecule has 1 saturated carbocycles. The summed E-state index contributed by atoms with van der Waals surface area (Å²) in [6.07, 6.45) is 5.65. The van der Waals surface area contributed by atoms with Crippen LogP contribution in [0.2, 0.25) is 0 Å². The summed E-state index contributed by atoms with van der Waals surface area (Å²) in [7, 11) is -1.98. The Balaban J connectivity index is 1.62. The second-order valence-electron chi connectivity index (χ2n) is 7.30. The van der Waals surface area contributed by atoms with Gasteiger partial charge in [-0.05, 0) is 56.4 Å². The average molecular weight is 381 g/mol. The first kappa shape index (κ1) is 19.2. The fraction of sp³-hybridized carbons (Fsp3) is 0.632. The highest BCUT2D eigenvalue weighted by Gasteiger charge is 2.33. The molecular formula is C19H28N2O4S. The molecule has 0 radical (unpaired) electrons. The number of nitrogens with zero attached hydrogens (tertiary/aromatic N) is 1. The molecule has 0 unspecified atom stereocenters. The van der Waals surface area contributed by atoms with Gasteiger partial charge in [0.05, 0.1) is 12.0 Å². The van der Waals surface area contributed by atoms with Crippen LogP contribution in [0.15, 0.2) is 23.1 Å². The van der Waals surface area contributed by atoms with E-state index in [1.807, 2.05) is 0 Å². The third kappa shape index (κ3) is 4.04. The van der Waals surface area contributed by atoms with Crippen molar-refractivity contribution in [1.82, 2.24) is 9.62 Å². The van der Waals surface area contributed by atoms with Gasteiger partial charge in [0, 0.05) is 25.0 Å². The van der Waals surface area contributed by atoms with Crippen molar-refractivity contribution in [1.29, 1.82) is 0 Å². The summed E-state index contributed by atoms with van der Waals surface area (Å²) in [5.74, 6) is 0.650. The van der Waals surface area contributed by atoms with E-state index in [1.54, 1.807) is 32.2 Å². The van der Waals surface area contributed by atoms with E-state index in [2.05, 4.69) is 5.32 Å². The molecule has 1 N–H and O–H groups in total. The molecule has 1 heterocycles. The third-order valence-corrected chi connectivity index (χ3v) is 7.59. The molecule has 1 aliphatic heterocycles. The van der Waals surface area contributed by atoms with Crippen molar-refractivity contribution >= 4 is 15.9 Å². The molecule has 1 aromatic carbocycles. The zero-order valence-electron chi connectivity index (χ0n) is 15.5. The number of piperidine rings is 1. The Labute approximate surface area is 156 Å². The summed E-state index contributed by atoms with van der Waals surface area (Å²) in [4.78, 5) is 12.7. The molecule has 1 amide bonds. The summed E-state index contributed by atoms with van der Waals surface area (Å²) in [5, 5.41) is 3.13. The van der Waals surface area contributed by atoms with E-state index < -0.39 is 10.0 Å². The smallest absolute Gasteiger partial charge is 0.243 e. The standard InChI is InChI=1S/C19H28N2O4S/c1-14-13-17(25-2)7-8-18(14)26(23,24)21-11-9-15(10-12-21)19(22)20-16-5-3-4-6-16/h7-8,13,15-16H,3-6,9-12H2,1-2H3,(H,20,22). The summed E-state index contributed by atoms with van der Waals surface area (Å²) >= 11 is 0. The molecule has 3 rings (SSSR count). The predicted molar refractivity (Wildman–Crippen MR) is 99.6 cm³/mol. The van der Waals surface area contributed by atoms with Crippen LogP contribution in [0.25, 0.3) is 0 Å². The van der Waals surface area contributed by atoms with Crippen LogP contribution in [0.4, 0.5) is 0 Å². The number of rotatable bonds is 5. The van der Waals surface area contributed by atoms with E-state index in [9.17, 15) is 13.2 Å². The number of nitrogens with one attached hydrogen (secondary N) is 1. The van der Waals surface area contributed by atoms with Crippen molar-refractivity contribution < 1.29 is 17.9 Å². The van der Waals surface area contributed by atoms with Crippen LogP contribution < -0.4 is 10.1 Å². The molecule has 0 aromatic heterocycles. The van der Waals surface area contributed by atoms with Crippen LogP contribution in [0, 0.1) is 12.8 Å². The molecule has 1 aromatic rings. The Morgan fingerprint density at radius 2 is 1.81 bits per heavy atom. The quantitative estimate of drug-likeness (QED) is 0.851. The van der Waals surface area contributed by atoms with E-state index in [1.165, 1.54) is 17.1 Å². The van der Waals surface area contributed by atoms with Crippen molar-refractivity contribution in [2.24, 2.45) is 5.92 Å². The van der Waals surface area contributed by atoms with E-state index in [4.69, 9.17) is 4.74 Å². The van der Waals surface area contributed by atoms with Gasteiger partial charge in [0.15, 0.2) is 0 Å². The normalized spacial score (nSPS) is 20.2. The van der Waals surface area contributed by atoms with Crippen molar-refractivity contribution in [3.63, 3.8) is 0 Å². The Morgan fingerprint density at radius 3 is 2.38 bits per heavy atom. The first-order valence-corrected chi connectivity index (χ1v) is 10.8. The fourth-order valence-electron chi connectivity index (χ4n) is 3.92. The lowest BCUT2D eigenvalue weighted by molar-refractivity contribution is -0.126. The maximum absolute atomic E-state index is 12.9. The van der Waals surface area contributed by atoms with Gasteiger partial charge in [-0.1, -0.05) is 12.8 Å². The number of benzene rings is 1. The number of carbonyl (C=O) groups is 1. The minimum Gasteiger partial charge on any atom is -0.497 e. The predicted octanol–water partition coefficient (Wildman–Crippen LogP) is 2.46. The highest BCUT2D eigenvalue weighted by atomic mass is 32.2. The Bertz CT molecular complexity index is 749. The zero-order chi connectivity index (χ0) is 18.7. The van der Waals surface area contributed by atoms with E-state index >= 15 is 0 Å². The molecule has 2 aliphatic rings. The minimum absolute atomic E-state index is 0.0842. The molecule has 0 spiro atoms. The molecule has 2 fully saturated rings. The van der Waals surface area contributed by atoms with Gasteiger partial charge in [0.25, 0.3) is 0 Å². The first-order valence-electron chi connectivity index (χ1n) is 9.37. The third-order valence-electron chi connectivity index (χ3n) is 5.53. The molecule has 1 saturated heterocycles. The van der Waals surface area contributed by atoms with Crippen molar-refractivity contribution in [3.05, 3.63) is 23.8 Å². The van der Waals surface area contributed by atoms with Crippen molar-refractivity contribution in [3.8, 4) is 5.75 Å². The Hall–Kier alpha value is -1.60. The topological polar surface area (TPSA) is 75.7 Å². The Kier molecular flexibility index (Phi) is 5.87. The lowest BCUT2D eigenvalue weighted by Crippen LogP contribution is -2.44. The maximum atomic E-state index is 12.9. The summed E-state index contributed by atoms with van der Waals surface area (Å²) in [6, 6.07) is 5.31. The number of sulfonamides is 1. The van der Waals surface area contributed by atoms with Crippen molar-refractivity contribution in [2.75, 3.05) is 20.2 Å². The summed E-state index contributed by atoms with van der Waals surface area (Å²) < 4.78 is 32.5. The van der Waals surface area contributed by atoms with Crippen LogP contribution in [0.5, 0.6) is 5.75 Å². The molecule has 26 heavy (non-hydrogen) atoms. The van der Waals surface area contributed by atoms with Gasteiger partial charge in [0.1, 0.15) is 5.75 Å². The van der Waals surface area contributed by atoms with Gasteiger partial charge in [-0.3, -0.25) is 4.79 Å². The van der Waals surface area contributed by atoms with Gasteiger partial charge < -0.3 is 10.1 Å². The molecule has 0 bridgehead atoms. The van der Waals surface area contributed by atoms with Gasteiger partial charge in [-0.25, -0.2) is 8.42 Å². The second kappa shape index (κ2) is 7.96. The number of hydrogen-bond donors (Lipinski definition) is 1. The van der Waals surface area contributed by atoms with Gasteiger partial charge in [-0.15, -0.1) is 0 Å². The maximum Gasteiger partial charge on any atom is 0.243 e. The van der Waals surface area contributed by atoms with Crippen LogP contribution in [0.1, 0.15) is 44.1 Å². The largest absolute Gasteiger partial charge is 0.497 e. The average Bonchev–Trinajstić information content (AvgIpc) is 3.14. The van der Waals surface area contributed by atoms with Crippen molar-refractivity contribution in [2.45, 2.75) is 56.4 Å². The number of carbonyl (C=O) groups excluding carboxylic acids is 1. The van der Waals surface area contributed by atoms with E-state index in [0.717, 1.165) is 12.8 Å². The number of ether oxygens (including phenoxy) is 1. The summed E-state index contributed by atoms with van der Waals surface area (Å²) in [5.41, 5.74) is 0.672. The van der Waals surface area contributed by atoms with E-state index in [-0.39, 0.29) is 11.8 Å². The SMILES string of the molecule is COc1ccc(S(=O)(=O)N2CCC(C(=O)NC3CCCC3)CC2)c(C)c1. The molecule has 144 valence electrons. The van der Waals surface area contributed by atoms with Gasteiger partial charge >= 0.3 is 0 Å². The highest BCUT2D eigenvalue weighted by molar-refractivity contribution is 7.89. The monoisotopic (exact) mass is 380 g/mol. The van der Waals surface area contributed by atoms with Crippen LogP contribution in [0.3, 0.4) is 0 Å². The lowest BCUT2D eigenvalue weighted by Gasteiger charge is -2.31. The van der Waals surface area contributed by atoms with Gasteiger partial charge in [-0.2, -0.15) is 4.31 Å². The molecule has 7 heteroatoms. The zero-order valence-corrected chi connectivity index (χ0v) is 16.3. The van der Waals surface area contributed by atoms with Crippen LogP contribution in [-0.4, -0.2) is 44.9 Å². The number of amides is 1. The highest BCUT2D eigenvalue weighted by Crippen LogP contribution is 2.28. The van der Waals surface area contributed by atoms with E-state index in [0.29, 0.717) is 48.2 Å². The Morgan fingerprint density at radius 1 is 1.15 bits per heavy atom. The number of hydrogen-bond acceptors (Lipinski definition) is 4. The molecule has 1 aliphatic carbocycles. The number of aryl methyl sites for hydroxylation is 1. The van der Waals surface area contributed by atoms with Crippen LogP contribution in [-0.2, 0) is 14.8 Å². The summed E-state index contributed by atoms with van der Waals surface area (Å²) in [6.45, 7) is 2.55.